The van der Waals surface area contributed by atoms with Crippen molar-refractivity contribution in [2.45, 2.75) is 77.0 Å². The number of hydrogen-bond donors (Lipinski definition) is 0. The van der Waals surface area contributed by atoms with Crippen molar-refractivity contribution in [1.82, 2.24) is 9.97 Å². The second kappa shape index (κ2) is 7.96. The summed E-state index contributed by atoms with van der Waals surface area (Å²) in [7, 11) is 1.73. The summed E-state index contributed by atoms with van der Waals surface area (Å²) in [5.74, 6) is 6.31. The van der Waals surface area contributed by atoms with Gasteiger partial charge in [0.15, 0.2) is 0 Å². The van der Waals surface area contributed by atoms with Gasteiger partial charge in [0.05, 0.1) is 21.9 Å². The SMILES string of the molecule is c1ccc2nc(PCC34CC5CC(CC(C5)C3)C4)c(PCC34CC5CC(CC(C5)C3)C4)nc2c1. The largest absolute Gasteiger partial charge is 0.244 e. The van der Waals surface area contributed by atoms with E-state index in [4.69, 9.17) is 9.97 Å². The van der Waals surface area contributed by atoms with Crippen LogP contribution in [0.1, 0.15) is 77.0 Å². The normalized spacial score (nSPS) is 44.5. The minimum Gasteiger partial charge on any atom is -0.244 e. The number of fused-ring (bicyclic) bond motifs is 1. The molecule has 34 heavy (non-hydrogen) atoms. The molecule has 8 saturated carbocycles. The fourth-order valence-electron chi connectivity index (χ4n) is 10.8. The molecule has 4 heteroatoms. The summed E-state index contributed by atoms with van der Waals surface area (Å²) >= 11 is 0. The number of nitrogens with zero attached hydrogens (tertiary/aromatic N) is 2. The van der Waals surface area contributed by atoms with E-state index in [0.717, 1.165) is 63.7 Å². The molecule has 180 valence electrons. The minimum absolute atomic E-state index is 0.654. The first-order valence-corrected chi connectivity index (χ1v) is 16.8. The van der Waals surface area contributed by atoms with Gasteiger partial charge in [0.2, 0.25) is 0 Å². The van der Waals surface area contributed by atoms with Crippen LogP contribution in [0.2, 0.25) is 0 Å². The quantitative estimate of drug-likeness (QED) is 0.423. The molecular formula is C30H40N2P2. The Morgan fingerprint density at radius 2 is 0.882 bits per heavy atom. The molecule has 2 atom stereocenters. The zero-order valence-corrected chi connectivity index (χ0v) is 22.6. The lowest BCUT2D eigenvalue weighted by molar-refractivity contribution is -0.0386. The minimum atomic E-state index is 0.654. The molecule has 1 heterocycles. The van der Waals surface area contributed by atoms with Crippen molar-refractivity contribution >= 4 is 39.1 Å². The number of benzene rings is 1. The van der Waals surface area contributed by atoms with Gasteiger partial charge >= 0.3 is 0 Å². The smallest absolute Gasteiger partial charge is 0.0894 e. The van der Waals surface area contributed by atoms with Crippen molar-refractivity contribution in [3.8, 4) is 0 Å². The van der Waals surface area contributed by atoms with Crippen LogP contribution >= 0.6 is 17.2 Å². The van der Waals surface area contributed by atoms with E-state index in [-0.39, 0.29) is 0 Å². The Morgan fingerprint density at radius 3 is 1.21 bits per heavy atom. The van der Waals surface area contributed by atoms with Gasteiger partial charge in [0, 0.05) is 0 Å². The van der Waals surface area contributed by atoms with Gasteiger partial charge in [-0.05, 0) is 148 Å². The molecule has 0 spiro atoms. The Labute approximate surface area is 208 Å². The van der Waals surface area contributed by atoms with E-state index in [0.29, 0.717) is 10.8 Å². The Bertz CT molecular complexity index is 953. The van der Waals surface area contributed by atoms with Gasteiger partial charge in [0.25, 0.3) is 0 Å². The van der Waals surface area contributed by atoms with E-state index >= 15 is 0 Å². The zero-order valence-electron chi connectivity index (χ0n) is 20.6. The first kappa shape index (κ1) is 21.5. The molecule has 2 nitrogen and oxygen atoms in total. The highest BCUT2D eigenvalue weighted by atomic mass is 31.1. The summed E-state index contributed by atoms with van der Waals surface area (Å²) < 4.78 is 0. The Balaban J connectivity index is 1.06. The Morgan fingerprint density at radius 1 is 0.559 bits per heavy atom. The second-order valence-electron chi connectivity index (χ2n) is 14.0. The van der Waals surface area contributed by atoms with Gasteiger partial charge in [-0.2, -0.15) is 0 Å². The third-order valence-electron chi connectivity index (χ3n) is 11.2. The lowest BCUT2D eigenvalue weighted by Crippen LogP contribution is -2.48. The monoisotopic (exact) mass is 490 g/mol. The van der Waals surface area contributed by atoms with Crippen molar-refractivity contribution in [2.24, 2.45) is 46.3 Å². The summed E-state index contributed by atoms with van der Waals surface area (Å²) in [5.41, 5.74) is 6.36. The summed E-state index contributed by atoms with van der Waals surface area (Å²) in [4.78, 5) is 10.6. The van der Waals surface area contributed by atoms with Gasteiger partial charge in [-0.25, -0.2) is 9.97 Å². The van der Waals surface area contributed by atoms with Gasteiger partial charge < -0.3 is 0 Å². The Hall–Kier alpha value is -0.580. The molecule has 1 aromatic heterocycles. The molecule has 0 aliphatic heterocycles. The van der Waals surface area contributed by atoms with Crippen molar-refractivity contribution in [3.05, 3.63) is 24.3 Å². The fraction of sp³-hybridized carbons (Fsp3) is 0.733. The van der Waals surface area contributed by atoms with Gasteiger partial charge in [0.1, 0.15) is 0 Å². The summed E-state index contributed by atoms with van der Waals surface area (Å²) in [6, 6.07) is 8.65. The molecule has 0 N–H and O–H groups in total. The summed E-state index contributed by atoms with van der Waals surface area (Å²) in [6.45, 7) is 0. The van der Waals surface area contributed by atoms with Crippen LogP contribution in [-0.2, 0) is 0 Å². The molecule has 0 saturated heterocycles. The van der Waals surface area contributed by atoms with Crippen LogP contribution in [0.25, 0.3) is 11.0 Å². The number of para-hydroxylation sites is 2. The van der Waals surface area contributed by atoms with Crippen LogP contribution in [0.15, 0.2) is 24.3 Å². The van der Waals surface area contributed by atoms with Gasteiger partial charge in [-0.1, -0.05) is 29.3 Å². The standard InChI is InChI=1S/C30H40N2P2/c1-2-4-26-25(3-1)31-27(33-17-29-11-19-5-20(12-29)7-21(6-19)13-29)28(32-26)34-18-30-14-22-8-23(15-30)10-24(9-22)16-30/h1-4,19-24,33-34H,5-18H2. The molecule has 8 aliphatic carbocycles. The average Bonchev–Trinajstić information content (AvgIpc) is 2.79. The molecule has 8 aliphatic rings. The fourth-order valence-corrected chi connectivity index (χ4v) is 14.1. The molecule has 8 bridgehead atoms. The van der Waals surface area contributed by atoms with E-state index < -0.39 is 0 Å². The maximum atomic E-state index is 5.31. The van der Waals surface area contributed by atoms with Gasteiger partial charge in [-0.3, -0.25) is 0 Å². The van der Waals surface area contributed by atoms with E-state index in [1.54, 1.807) is 38.5 Å². The van der Waals surface area contributed by atoms with E-state index in [9.17, 15) is 0 Å². The summed E-state index contributed by atoms with van der Waals surface area (Å²) in [5, 5.41) is 0. The molecule has 0 amide bonds. The van der Waals surface area contributed by atoms with Gasteiger partial charge in [-0.15, -0.1) is 0 Å². The zero-order chi connectivity index (χ0) is 22.3. The number of rotatable bonds is 6. The molecular weight excluding hydrogens is 450 g/mol. The Kier molecular flexibility index (Phi) is 5.03. The topological polar surface area (TPSA) is 25.8 Å². The van der Waals surface area contributed by atoms with Crippen molar-refractivity contribution in [1.29, 1.82) is 0 Å². The number of aromatic nitrogens is 2. The molecule has 1 aromatic carbocycles. The van der Waals surface area contributed by atoms with Crippen LogP contribution in [0.3, 0.4) is 0 Å². The molecule has 2 unspecified atom stereocenters. The molecule has 8 fully saturated rings. The predicted octanol–water partition coefficient (Wildman–Crippen LogP) is 6.67. The highest BCUT2D eigenvalue weighted by Crippen LogP contribution is 2.62. The molecule has 0 radical (unpaired) electrons. The average molecular weight is 491 g/mol. The lowest BCUT2D eigenvalue weighted by Gasteiger charge is -2.57. The molecule has 2 aromatic rings. The number of hydrogen-bond acceptors (Lipinski definition) is 2. The first-order chi connectivity index (χ1) is 16.6. The van der Waals surface area contributed by atoms with E-state index in [1.807, 2.05) is 0 Å². The van der Waals surface area contributed by atoms with E-state index in [1.165, 1.54) is 61.7 Å². The maximum absolute atomic E-state index is 5.31. The van der Waals surface area contributed by atoms with Crippen molar-refractivity contribution < 1.29 is 0 Å². The molecule has 10 rings (SSSR count). The third-order valence-corrected chi connectivity index (χ3v) is 14.6. The maximum Gasteiger partial charge on any atom is 0.0894 e. The van der Waals surface area contributed by atoms with Crippen molar-refractivity contribution in [3.63, 3.8) is 0 Å². The lowest BCUT2D eigenvalue weighted by atomic mass is 9.50. The van der Waals surface area contributed by atoms with Crippen LogP contribution in [0, 0.1) is 46.3 Å². The van der Waals surface area contributed by atoms with E-state index in [2.05, 4.69) is 24.3 Å². The van der Waals surface area contributed by atoms with Crippen LogP contribution in [0.5, 0.6) is 0 Å². The highest BCUT2D eigenvalue weighted by molar-refractivity contribution is 7.54. The van der Waals surface area contributed by atoms with Crippen molar-refractivity contribution in [2.75, 3.05) is 12.3 Å². The highest BCUT2D eigenvalue weighted by Gasteiger charge is 2.51. The third kappa shape index (κ3) is 3.72. The van der Waals surface area contributed by atoms with Crippen LogP contribution < -0.4 is 10.9 Å². The summed E-state index contributed by atoms with van der Waals surface area (Å²) in [6.07, 6.45) is 21.3. The first-order valence-electron chi connectivity index (χ1n) is 14.4. The van der Waals surface area contributed by atoms with Crippen LogP contribution in [0.4, 0.5) is 0 Å². The second-order valence-corrected chi connectivity index (χ2v) is 16.3. The predicted molar refractivity (Wildman–Crippen MR) is 146 cm³/mol. The van der Waals surface area contributed by atoms with Crippen LogP contribution in [-0.4, -0.2) is 22.3 Å².